The van der Waals surface area contributed by atoms with E-state index >= 15 is 0 Å². The van der Waals surface area contributed by atoms with E-state index in [9.17, 15) is 13.2 Å². The van der Waals surface area contributed by atoms with Gasteiger partial charge in [0.2, 0.25) is 0 Å². The van der Waals surface area contributed by atoms with Gasteiger partial charge in [-0.05, 0) is 62.6 Å². The number of nitrogens with zero attached hydrogens (tertiary/aromatic N) is 2. The van der Waals surface area contributed by atoms with Crippen LogP contribution in [0.15, 0.2) is 48.5 Å². The average Bonchev–Trinajstić information content (AvgIpc) is 3.15. The lowest BCUT2D eigenvalue weighted by Gasteiger charge is -2.16. The van der Waals surface area contributed by atoms with E-state index in [1.807, 2.05) is 38.4 Å². The number of rotatable bonds is 9. The van der Waals surface area contributed by atoms with Gasteiger partial charge in [-0.15, -0.1) is 36.9 Å². The molecule has 0 aliphatic rings. The minimum absolute atomic E-state index is 0. The number of ether oxygens (including phenoxy) is 2. The van der Waals surface area contributed by atoms with Gasteiger partial charge < -0.3 is 14.8 Å². The molecule has 1 N–H and O–H groups in total. The fourth-order valence-electron chi connectivity index (χ4n) is 2.98. The summed E-state index contributed by atoms with van der Waals surface area (Å²) in [5, 5.41) is 3.87. The second-order valence-electron chi connectivity index (χ2n) is 6.93. The predicted octanol–water partition coefficient (Wildman–Crippen LogP) is 5.46. The van der Waals surface area contributed by atoms with Crippen LogP contribution in [0, 0.1) is 0 Å². The monoisotopic (exact) mass is 487 g/mol. The number of hydrogen-bond acceptors (Lipinski definition) is 6. The van der Waals surface area contributed by atoms with Crippen LogP contribution < -0.4 is 14.8 Å². The molecule has 0 radical (unpaired) electrons. The first kappa shape index (κ1) is 25.9. The maximum atomic E-state index is 12.4. The smallest absolute Gasteiger partial charge is 0.497 e. The highest BCUT2D eigenvalue weighted by Gasteiger charge is 2.31. The van der Waals surface area contributed by atoms with E-state index < -0.39 is 6.36 Å². The van der Waals surface area contributed by atoms with E-state index in [0.29, 0.717) is 6.54 Å². The van der Waals surface area contributed by atoms with Crippen molar-refractivity contribution in [1.29, 1.82) is 0 Å². The van der Waals surface area contributed by atoms with Gasteiger partial charge in [0.15, 0.2) is 0 Å². The molecule has 1 aromatic heterocycles. The molecule has 0 fully saturated rings. The first-order valence-electron chi connectivity index (χ1n) is 9.62. The highest BCUT2D eigenvalue weighted by molar-refractivity contribution is 7.15. The number of thiazole rings is 1. The lowest BCUT2D eigenvalue weighted by Crippen LogP contribution is -2.26. The summed E-state index contributed by atoms with van der Waals surface area (Å²) in [6, 6.07) is 13.5. The Kier molecular flexibility index (Phi) is 9.33. The van der Waals surface area contributed by atoms with Crippen LogP contribution in [0.25, 0.3) is 21.8 Å². The summed E-state index contributed by atoms with van der Waals surface area (Å²) < 4.78 is 46.5. The van der Waals surface area contributed by atoms with Gasteiger partial charge in [0.1, 0.15) is 16.5 Å². The third-order valence-electron chi connectivity index (χ3n) is 4.55. The molecule has 0 unspecified atom stereocenters. The fraction of sp³-hybridized carbons (Fsp3) is 0.318. The van der Waals surface area contributed by atoms with Crippen LogP contribution in [0.2, 0.25) is 0 Å². The Morgan fingerprint density at radius 3 is 2.16 bits per heavy atom. The molecule has 0 aliphatic heterocycles. The SMILES string of the molecule is CNCCN(C)Cc1sc(-c2ccc(OC(F)(F)F)cc2)nc1-c1ccc(OC)cc1.Cl. The van der Waals surface area contributed by atoms with Crippen molar-refractivity contribution >= 4 is 23.7 Å². The molecule has 3 rings (SSSR count). The minimum atomic E-state index is -4.71. The Morgan fingerprint density at radius 1 is 1.00 bits per heavy atom. The van der Waals surface area contributed by atoms with Crippen molar-refractivity contribution < 1.29 is 22.6 Å². The van der Waals surface area contributed by atoms with Gasteiger partial charge in [0, 0.05) is 35.6 Å². The third kappa shape index (κ3) is 7.09. The Morgan fingerprint density at radius 2 is 1.59 bits per heavy atom. The molecule has 5 nitrogen and oxygen atoms in total. The quantitative estimate of drug-likeness (QED) is 0.434. The molecule has 2 aromatic carbocycles. The predicted molar refractivity (Wildman–Crippen MR) is 124 cm³/mol. The zero-order chi connectivity index (χ0) is 22.4. The van der Waals surface area contributed by atoms with Gasteiger partial charge in [-0.1, -0.05) is 0 Å². The lowest BCUT2D eigenvalue weighted by atomic mass is 10.1. The van der Waals surface area contributed by atoms with E-state index in [-0.39, 0.29) is 18.2 Å². The topological polar surface area (TPSA) is 46.6 Å². The Hall–Kier alpha value is -2.33. The highest BCUT2D eigenvalue weighted by Crippen LogP contribution is 2.36. The molecule has 0 bridgehead atoms. The normalized spacial score (nSPS) is 11.3. The van der Waals surface area contributed by atoms with E-state index in [1.165, 1.54) is 23.5 Å². The second-order valence-corrected chi connectivity index (χ2v) is 8.02. The number of benzene rings is 2. The van der Waals surface area contributed by atoms with Crippen molar-refractivity contribution in [2.45, 2.75) is 12.9 Å². The summed E-state index contributed by atoms with van der Waals surface area (Å²) in [7, 11) is 5.57. The highest BCUT2D eigenvalue weighted by atomic mass is 35.5. The van der Waals surface area contributed by atoms with Gasteiger partial charge in [-0.3, -0.25) is 4.90 Å². The minimum Gasteiger partial charge on any atom is -0.497 e. The number of nitrogens with one attached hydrogen (secondary N) is 1. The maximum Gasteiger partial charge on any atom is 0.573 e. The molecule has 1 heterocycles. The molecule has 3 aromatic rings. The summed E-state index contributed by atoms with van der Waals surface area (Å²) >= 11 is 1.53. The number of halogens is 4. The van der Waals surface area contributed by atoms with Crippen molar-refractivity contribution in [2.24, 2.45) is 0 Å². The molecule has 0 aliphatic carbocycles. The zero-order valence-corrected chi connectivity index (χ0v) is 19.5. The summed E-state index contributed by atoms with van der Waals surface area (Å²) in [6.07, 6.45) is -4.71. The molecule has 0 amide bonds. The molecular weight excluding hydrogens is 463 g/mol. The molecule has 0 saturated heterocycles. The molecule has 0 atom stereocenters. The van der Waals surface area contributed by atoms with Crippen LogP contribution in [-0.4, -0.2) is 50.5 Å². The van der Waals surface area contributed by atoms with Gasteiger partial charge >= 0.3 is 6.36 Å². The van der Waals surface area contributed by atoms with Crippen LogP contribution in [0.4, 0.5) is 13.2 Å². The number of alkyl halides is 3. The van der Waals surface area contributed by atoms with Crippen LogP contribution in [0.3, 0.4) is 0 Å². The first-order chi connectivity index (χ1) is 14.8. The van der Waals surface area contributed by atoms with Crippen LogP contribution >= 0.6 is 23.7 Å². The molecular formula is C22H25ClF3N3O2S. The molecule has 174 valence electrons. The Balaban J connectivity index is 0.00000363. The van der Waals surface area contributed by atoms with Gasteiger partial charge in [0.05, 0.1) is 12.8 Å². The largest absolute Gasteiger partial charge is 0.573 e. The molecule has 0 spiro atoms. The maximum absolute atomic E-state index is 12.4. The summed E-state index contributed by atoms with van der Waals surface area (Å²) in [6.45, 7) is 2.44. The van der Waals surface area contributed by atoms with Crippen molar-refractivity contribution in [3.63, 3.8) is 0 Å². The van der Waals surface area contributed by atoms with Crippen molar-refractivity contribution in [3.8, 4) is 33.3 Å². The standard InChI is InChI=1S/C22H24F3N3O2S.ClH/c1-26-12-13-28(2)14-19-20(15-4-8-17(29-3)9-5-15)27-21(31-19)16-6-10-18(11-7-16)30-22(23,24)25;/h4-11,26H,12-14H2,1-3H3;1H. The van der Waals surface area contributed by atoms with Crippen molar-refractivity contribution in [2.75, 3.05) is 34.3 Å². The van der Waals surface area contributed by atoms with E-state index in [1.54, 1.807) is 19.2 Å². The van der Waals surface area contributed by atoms with Crippen LogP contribution in [0.5, 0.6) is 11.5 Å². The van der Waals surface area contributed by atoms with Crippen molar-refractivity contribution in [1.82, 2.24) is 15.2 Å². The number of aromatic nitrogens is 1. The van der Waals surface area contributed by atoms with E-state index in [2.05, 4.69) is 15.0 Å². The number of hydrogen-bond donors (Lipinski definition) is 1. The Bertz CT molecular complexity index is 980. The first-order valence-corrected chi connectivity index (χ1v) is 10.4. The lowest BCUT2D eigenvalue weighted by molar-refractivity contribution is -0.274. The summed E-state index contributed by atoms with van der Waals surface area (Å²) in [5.41, 5.74) is 2.55. The summed E-state index contributed by atoms with van der Waals surface area (Å²) in [5.74, 6) is 0.502. The van der Waals surface area contributed by atoms with Crippen LogP contribution in [-0.2, 0) is 6.54 Å². The molecule has 32 heavy (non-hydrogen) atoms. The van der Waals surface area contributed by atoms with E-state index in [0.717, 1.165) is 45.5 Å². The zero-order valence-electron chi connectivity index (χ0n) is 17.9. The van der Waals surface area contributed by atoms with Crippen molar-refractivity contribution in [3.05, 3.63) is 53.4 Å². The van der Waals surface area contributed by atoms with Gasteiger partial charge in [0.25, 0.3) is 0 Å². The molecule has 0 saturated carbocycles. The van der Waals surface area contributed by atoms with E-state index in [4.69, 9.17) is 9.72 Å². The third-order valence-corrected chi connectivity index (χ3v) is 5.64. The number of likely N-dealkylation sites (N-methyl/N-ethyl adjacent to an activating group) is 2. The van der Waals surface area contributed by atoms with Gasteiger partial charge in [-0.2, -0.15) is 0 Å². The molecule has 10 heteroatoms. The number of methoxy groups -OCH3 is 1. The fourth-order valence-corrected chi connectivity index (χ4v) is 4.15. The second kappa shape index (κ2) is 11.5. The van der Waals surface area contributed by atoms with Crippen LogP contribution in [0.1, 0.15) is 4.88 Å². The average molecular weight is 488 g/mol. The Labute approximate surface area is 195 Å². The summed E-state index contributed by atoms with van der Waals surface area (Å²) in [4.78, 5) is 8.09. The van der Waals surface area contributed by atoms with Gasteiger partial charge in [-0.25, -0.2) is 4.98 Å².